The van der Waals surface area contributed by atoms with Crippen molar-refractivity contribution in [2.45, 2.75) is 65.7 Å². The molecule has 0 radical (unpaired) electrons. The second kappa shape index (κ2) is 7.95. The third-order valence-electron chi connectivity index (χ3n) is 6.70. The molecule has 0 saturated heterocycles. The Kier molecular flexibility index (Phi) is 5.40. The first-order valence-corrected chi connectivity index (χ1v) is 11.0. The normalized spacial score (nSPS) is 15.6. The highest BCUT2D eigenvalue weighted by atomic mass is 14.3. The van der Waals surface area contributed by atoms with Gasteiger partial charge in [-0.3, -0.25) is 0 Å². The fourth-order valence-corrected chi connectivity index (χ4v) is 4.94. The van der Waals surface area contributed by atoms with Crippen LogP contribution in [0.4, 0.5) is 0 Å². The van der Waals surface area contributed by atoms with Crippen LogP contribution in [0, 0.1) is 6.92 Å². The van der Waals surface area contributed by atoms with Gasteiger partial charge in [0.1, 0.15) is 0 Å². The molecule has 0 heteroatoms. The van der Waals surface area contributed by atoms with Gasteiger partial charge in [-0.15, -0.1) is 0 Å². The van der Waals surface area contributed by atoms with Crippen molar-refractivity contribution < 1.29 is 0 Å². The fraction of sp³-hybridized carbons (Fsp3) is 0.357. The molecule has 1 aliphatic carbocycles. The van der Waals surface area contributed by atoms with Crippen molar-refractivity contribution in [3.63, 3.8) is 0 Å². The Balaban J connectivity index is 1.86. The van der Waals surface area contributed by atoms with Gasteiger partial charge in [0.05, 0.1) is 0 Å². The molecule has 144 valence electrons. The van der Waals surface area contributed by atoms with E-state index in [0.717, 1.165) is 32.1 Å². The summed E-state index contributed by atoms with van der Waals surface area (Å²) in [5, 5.41) is 0. The van der Waals surface area contributed by atoms with E-state index in [-0.39, 0.29) is 0 Å². The van der Waals surface area contributed by atoms with E-state index in [1.165, 1.54) is 50.1 Å². The number of aryl methyl sites for hydroxylation is 3. The molecule has 0 nitrogen and oxygen atoms in total. The lowest BCUT2D eigenvalue weighted by Crippen LogP contribution is -2.08. The largest absolute Gasteiger partial charge is 0.0620 e. The zero-order valence-corrected chi connectivity index (χ0v) is 17.8. The van der Waals surface area contributed by atoms with Gasteiger partial charge in [-0.05, 0) is 95.0 Å². The number of rotatable bonds is 4. The molecule has 0 aliphatic heterocycles. The van der Waals surface area contributed by atoms with Crippen molar-refractivity contribution in [2.75, 3.05) is 0 Å². The Morgan fingerprint density at radius 2 is 1.36 bits per heavy atom. The summed E-state index contributed by atoms with van der Waals surface area (Å²) in [5.74, 6) is 0.547. The van der Waals surface area contributed by atoms with Gasteiger partial charge in [-0.1, -0.05) is 75.4 Å². The molecule has 0 saturated carbocycles. The first-order chi connectivity index (χ1) is 13.6. The summed E-state index contributed by atoms with van der Waals surface area (Å²) in [6.07, 6.45) is 5.60. The highest BCUT2D eigenvalue weighted by molar-refractivity contribution is 5.72. The van der Waals surface area contributed by atoms with Crippen LogP contribution >= 0.6 is 0 Å². The second-order valence-corrected chi connectivity index (χ2v) is 8.28. The average Bonchev–Trinajstić information content (AvgIpc) is 2.90. The van der Waals surface area contributed by atoms with Crippen LogP contribution in [-0.2, 0) is 32.1 Å². The Bertz CT molecular complexity index is 968. The van der Waals surface area contributed by atoms with E-state index in [1.54, 1.807) is 0 Å². The summed E-state index contributed by atoms with van der Waals surface area (Å²) in [6, 6.07) is 21.2. The minimum absolute atomic E-state index is 0.547. The van der Waals surface area contributed by atoms with E-state index in [1.807, 2.05) is 0 Å². The Morgan fingerprint density at radius 3 is 2.04 bits per heavy atom. The smallest absolute Gasteiger partial charge is 0.00804 e. The van der Waals surface area contributed by atoms with Crippen LogP contribution in [-0.4, -0.2) is 0 Å². The first-order valence-electron chi connectivity index (χ1n) is 11.0. The van der Waals surface area contributed by atoms with E-state index in [2.05, 4.69) is 82.3 Å². The summed E-state index contributed by atoms with van der Waals surface area (Å²) in [5.41, 5.74) is 13.4. The van der Waals surface area contributed by atoms with Crippen LogP contribution in [0.5, 0.6) is 0 Å². The van der Waals surface area contributed by atoms with Crippen LogP contribution in [0.3, 0.4) is 0 Å². The first kappa shape index (κ1) is 19.0. The minimum atomic E-state index is 0.547. The lowest BCUT2D eigenvalue weighted by Gasteiger charge is -2.20. The van der Waals surface area contributed by atoms with Crippen molar-refractivity contribution in [1.29, 1.82) is 0 Å². The molecule has 0 N–H and O–H groups in total. The predicted molar refractivity (Wildman–Crippen MR) is 121 cm³/mol. The molecule has 0 spiro atoms. The minimum Gasteiger partial charge on any atom is -0.0620 e. The van der Waals surface area contributed by atoms with Gasteiger partial charge >= 0.3 is 0 Å². The standard InChI is InChI=1S/C28H32/c1-5-20-12-13-28-26(14-20)18-25(17-23-10-8-9-11-27(23)28)24-15-21(6-2)19(4)22(7-3)16-24/h8-16,25H,5-7,17-18H2,1-4H3. The van der Waals surface area contributed by atoms with Gasteiger partial charge in [0.25, 0.3) is 0 Å². The fourth-order valence-electron chi connectivity index (χ4n) is 4.94. The van der Waals surface area contributed by atoms with Crippen molar-refractivity contribution >= 4 is 0 Å². The van der Waals surface area contributed by atoms with Gasteiger partial charge in [-0.2, -0.15) is 0 Å². The van der Waals surface area contributed by atoms with E-state index < -0.39 is 0 Å². The van der Waals surface area contributed by atoms with Gasteiger partial charge in [0, 0.05) is 0 Å². The van der Waals surface area contributed by atoms with Crippen LogP contribution < -0.4 is 0 Å². The van der Waals surface area contributed by atoms with Crippen molar-refractivity contribution in [1.82, 2.24) is 0 Å². The summed E-state index contributed by atoms with van der Waals surface area (Å²) >= 11 is 0. The molecule has 0 fully saturated rings. The van der Waals surface area contributed by atoms with Crippen molar-refractivity contribution in [3.05, 3.63) is 93.5 Å². The number of hydrogen-bond acceptors (Lipinski definition) is 0. The Morgan fingerprint density at radius 1 is 0.714 bits per heavy atom. The zero-order valence-electron chi connectivity index (χ0n) is 17.8. The maximum Gasteiger partial charge on any atom is -0.00804 e. The predicted octanol–water partition coefficient (Wildman–Crippen LogP) is 7.23. The van der Waals surface area contributed by atoms with E-state index in [4.69, 9.17) is 0 Å². The Labute approximate surface area is 170 Å². The zero-order chi connectivity index (χ0) is 19.7. The molecule has 28 heavy (non-hydrogen) atoms. The molecule has 0 aromatic heterocycles. The van der Waals surface area contributed by atoms with Crippen LogP contribution in [0.25, 0.3) is 11.1 Å². The van der Waals surface area contributed by atoms with Crippen LogP contribution in [0.2, 0.25) is 0 Å². The quantitative estimate of drug-likeness (QED) is 0.455. The summed E-state index contributed by atoms with van der Waals surface area (Å²) < 4.78 is 0. The molecular weight excluding hydrogens is 336 g/mol. The number of hydrogen-bond donors (Lipinski definition) is 0. The molecule has 0 amide bonds. The van der Waals surface area contributed by atoms with Crippen LogP contribution in [0.15, 0.2) is 54.6 Å². The SMILES string of the molecule is CCc1ccc2c(c1)CC(c1cc(CC)c(C)c(CC)c1)Cc1ccccc1-2. The summed E-state index contributed by atoms with van der Waals surface area (Å²) in [7, 11) is 0. The second-order valence-electron chi connectivity index (χ2n) is 8.28. The Hall–Kier alpha value is -2.34. The molecule has 1 aliphatic rings. The maximum atomic E-state index is 2.50. The molecule has 1 unspecified atom stereocenters. The lowest BCUT2D eigenvalue weighted by atomic mass is 9.84. The van der Waals surface area contributed by atoms with Crippen molar-refractivity contribution in [3.8, 4) is 11.1 Å². The highest BCUT2D eigenvalue weighted by Crippen LogP contribution is 2.39. The molecular formula is C28H32. The van der Waals surface area contributed by atoms with Crippen molar-refractivity contribution in [2.24, 2.45) is 0 Å². The molecule has 3 aromatic carbocycles. The van der Waals surface area contributed by atoms with Gasteiger partial charge < -0.3 is 0 Å². The third kappa shape index (κ3) is 3.41. The van der Waals surface area contributed by atoms with Gasteiger partial charge in [0.2, 0.25) is 0 Å². The average molecular weight is 369 g/mol. The highest BCUT2D eigenvalue weighted by Gasteiger charge is 2.23. The molecule has 0 heterocycles. The topological polar surface area (TPSA) is 0 Å². The maximum absolute atomic E-state index is 2.50. The monoisotopic (exact) mass is 368 g/mol. The molecule has 0 bridgehead atoms. The van der Waals surface area contributed by atoms with E-state index in [9.17, 15) is 0 Å². The summed E-state index contributed by atoms with van der Waals surface area (Å²) in [6.45, 7) is 9.13. The third-order valence-corrected chi connectivity index (χ3v) is 6.70. The number of fused-ring (bicyclic) bond motifs is 3. The lowest BCUT2D eigenvalue weighted by molar-refractivity contribution is 0.685. The molecule has 4 rings (SSSR count). The molecule has 3 aromatic rings. The van der Waals surface area contributed by atoms with Gasteiger partial charge in [0.15, 0.2) is 0 Å². The van der Waals surface area contributed by atoms with E-state index >= 15 is 0 Å². The number of benzene rings is 3. The van der Waals surface area contributed by atoms with Gasteiger partial charge in [-0.25, -0.2) is 0 Å². The molecule has 1 atom stereocenters. The summed E-state index contributed by atoms with van der Waals surface area (Å²) in [4.78, 5) is 0. The van der Waals surface area contributed by atoms with E-state index in [0.29, 0.717) is 5.92 Å². The van der Waals surface area contributed by atoms with Crippen LogP contribution in [0.1, 0.15) is 65.6 Å².